The number of hydrogen-bond acceptors (Lipinski definition) is 3. The molecule has 3 rings (SSSR count). The Kier molecular flexibility index (Phi) is 2.41. The van der Waals surface area contributed by atoms with Crippen molar-refractivity contribution in [2.75, 3.05) is 6.54 Å². The number of carbonyl (C=O) groups is 1. The monoisotopic (exact) mass is 243 g/mol. The summed E-state index contributed by atoms with van der Waals surface area (Å²) in [5.41, 5.74) is 3.19. The van der Waals surface area contributed by atoms with Crippen molar-refractivity contribution in [1.29, 1.82) is 0 Å². The summed E-state index contributed by atoms with van der Waals surface area (Å²) in [7, 11) is 0. The lowest BCUT2D eigenvalue weighted by molar-refractivity contribution is 0.0594. The topological polar surface area (TPSA) is 67.2 Å². The van der Waals surface area contributed by atoms with Gasteiger partial charge in [-0.1, -0.05) is 29.8 Å². The third-order valence-electron chi connectivity index (χ3n) is 3.04. The van der Waals surface area contributed by atoms with E-state index in [0.29, 0.717) is 11.4 Å². The molecule has 92 valence electrons. The third-order valence-corrected chi connectivity index (χ3v) is 3.04. The van der Waals surface area contributed by atoms with E-state index in [4.69, 9.17) is 0 Å². The van der Waals surface area contributed by atoms with Crippen molar-refractivity contribution in [2.24, 2.45) is 0 Å². The molecule has 5 heteroatoms. The second kappa shape index (κ2) is 3.96. The van der Waals surface area contributed by atoms with E-state index in [-0.39, 0.29) is 12.5 Å². The molecule has 0 bridgehead atoms. The number of nitrogens with zero attached hydrogens (tertiary/aromatic N) is 2. The molecule has 1 aromatic carbocycles. The standard InChI is InChI=1S/C13H13N3O2/c1-8-2-4-9(5-3-8)10-6-11-13(18)14-7-12(17)16(11)15-10/h2-6,12,17H,7H2,1H3,(H,14,18). The van der Waals surface area contributed by atoms with Gasteiger partial charge in [-0.15, -0.1) is 0 Å². The largest absolute Gasteiger partial charge is 0.370 e. The number of rotatable bonds is 1. The Hall–Kier alpha value is -2.14. The summed E-state index contributed by atoms with van der Waals surface area (Å²) in [6.07, 6.45) is -0.795. The Morgan fingerprint density at radius 2 is 2.11 bits per heavy atom. The molecule has 2 aromatic rings. The fraction of sp³-hybridized carbons (Fsp3) is 0.231. The maximum Gasteiger partial charge on any atom is 0.269 e. The minimum Gasteiger partial charge on any atom is -0.370 e. The van der Waals surface area contributed by atoms with Crippen LogP contribution in [0.25, 0.3) is 11.3 Å². The summed E-state index contributed by atoms with van der Waals surface area (Å²) in [6.45, 7) is 2.21. The van der Waals surface area contributed by atoms with Gasteiger partial charge in [0.2, 0.25) is 0 Å². The molecule has 0 fully saturated rings. The van der Waals surface area contributed by atoms with E-state index >= 15 is 0 Å². The predicted octanol–water partition coefficient (Wildman–Crippen LogP) is 1.09. The first-order valence-corrected chi connectivity index (χ1v) is 5.78. The molecule has 0 spiro atoms. The predicted molar refractivity (Wildman–Crippen MR) is 66.0 cm³/mol. The Morgan fingerprint density at radius 1 is 1.39 bits per heavy atom. The van der Waals surface area contributed by atoms with Gasteiger partial charge < -0.3 is 10.4 Å². The minimum atomic E-state index is -0.795. The van der Waals surface area contributed by atoms with Gasteiger partial charge in [0.15, 0.2) is 6.23 Å². The van der Waals surface area contributed by atoms with E-state index < -0.39 is 6.23 Å². The quantitative estimate of drug-likeness (QED) is 0.788. The lowest BCUT2D eigenvalue weighted by Gasteiger charge is -2.19. The van der Waals surface area contributed by atoms with Gasteiger partial charge in [0.25, 0.3) is 5.91 Å². The zero-order valence-electron chi connectivity index (χ0n) is 9.92. The SMILES string of the molecule is Cc1ccc(-c2cc3n(n2)C(O)CNC3=O)cc1. The first-order valence-electron chi connectivity index (χ1n) is 5.78. The number of amides is 1. The number of aromatic nitrogens is 2. The normalized spacial score (nSPS) is 18.3. The first kappa shape index (κ1) is 11.0. The minimum absolute atomic E-state index is 0.195. The lowest BCUT2D eigenvalue weighted by Crippen LogP contribution is -2.39. The van der Waals surface area contributed by atoms with Gasteiger partial charge in [-0.05, 0) is 13.0 Å². The van der Waals surface area contributed by atoms with Crippen LogP contribution in [-0.4, -0.2) is 27.3 Å². The van der Waals surface area contributed by atoms with E-state index in [1.54, 1.807) is 6.07 Å². The molecule has 18 heavy (non-hydrogen) atoms. The van der Waals surface area contributed by atoms with Gasteiger partial charge in [0.05, 0.1) is 12.2 Å². The molecule has 1 amide bonds. The molecule has 1 atom stereocenters. The van der Waals surface area contributed by atoms with Crippen LogP contribution in [0, 0.1) is 6.92 Å². The molecule has 2 heterocycles. The number of fused-ring (bicyclic) bond motifs is 1. The molecule has 0 aliphatic carbocycles. The van der Waals surface area contributed by atoms with Crippen LogP contribution >= 0.6 is 0 Å². The second-order valence-electron chi connectivity index (χ2n) is 4.42. The van der Waals surface area contributed by atoms with Crippen molar-refractivity contribution in [3.05, 3.63) is 41.6 Å². The number of benzene rings is 1. The molecule has 0 radical (unpaired) electrons. The summed E-state index contributed by atoms with van der Waals surface area (Å²) >= 11 is 0. The Balaban J connectivity index is 2.07. The molecule has 1 aliphatic heterocycles. The fourth-order valence-electron chi connectivity index (χ4n) is 2.02. The van der Waals surface area contributed by atoms with Crippen LogP contribution < -0.4 is 5.32 Å². The van der Waals surface area contributed by atoms with E-state index in [2.05, 4.69) is 10.4 Å². The highest BCUT2D eigenvalue weighted by Crippen LogP contribution is 2.22. The molecule has 2 N–H and O–H groups in total. The molecular weight excluding hydrogens is 230 g/mol. The van der Waals surface area contributed by atoms with Crippen molar-refractivity contribution in [1.82, 2.24) is 15.1 Å². The van der Waals surface area contributed by atoms with Crippen LogP contribution in [0.4, 0.5) is 0 Å². The number of carbonyl (C=O) groups excluding carboxylic acids is 1. The van der Waals surface area contributed by atoms with Crippen molar-refractivity contribution in [2.45, 2.75) is 13.2 Å². The fourth-order valence-corrected chi connectivity index (χ4v) is 2.02. The zero-order chi connectivity index (χ0) is 12.7. The highest BCUT2D eigenvalue weighted by molar-refractivity contribution is 5.94. The molecule has 1 aliphatic rings. The summed E-state index contributed by atoms with van der Waals surface area (Å²) < 4.78 is 1.37. The van der Waals surface area contributed by atoms with Crippen LogP contribution in [0.1, 0.15) is 22.3 Å². The average molecular weight is 243 g/mol. The van der Waals surface area contributed by atoms with Crippen LogP contribution in [0.2, 0.25) is 0 Å². The number of nitrogens with one attached hydrogen (secondary N) is 1. The summed E-state index contributed by atoms with van der Waals surface area (Å²) in [6, 6.07) is 9.58. The van der Waals surface area contributed by atoms with Gasteiger partial charge in [-0.3, -0.25) is 4.79 Å². The zero-order valence-corrected chi connectivity index (χ0v) is 9.92. The van der Waals surface area contributed by atoms with Gasteiger partial charge in [0.1, 0.15) is 5.69 Å². The van der Waals surface area contributed by atoms with Gasteiger partial charge in [-0.2, -0.15) is 5.10 Å². The lowest BCUT2D eigenvalue weighted by atomic mass is 10.1. The van der Waals surface area contributed by atoms with Gasteiger partial charge in [0, 0.05) is 5.56 Å². The highest BCUT2D eigenvalue weighted by Gasteiger charge is 2.25. The maximum atomic E-state index is 11.6. The number of aliphatic hydroxyl groups excluding tert-OH is 1. The maximum absolute atomic E-state index is 11.6. The van der Waals surface area contributed by atoms with Crippen LogP contribution in [0.5, 0.6) is 0 Å². The molecule has 5 nitrogen and oxygen atoms in total. The average Bonchev–Trinajstić information content (AvgIpc) is 2.81. The Labute approximate surface area is 104 Å². The van der Waals surface area contributed by atoms with Crippen LogP contribution in [0.15, 0.2) is 30.3 Å². The molecule has 1 unspecified atom stereocenters. The number of hydrogen-bond donors (Lipinski definition) is 2. The Bertz CT molecular complexity index is 601. The summed E-state index contributed by atoms with van der Waals surface area (Å²) in [5, 5.41) is 16.7. The molecule has 0 saturated heterocycles. The number of β-amino-alcohol motifs (C(OH)–C–C–N with tert-alkyl or cyclic N) is 1. The second-order valence-corrected chi connectivity index (χ2v) is 4.42. The van der Waals surface area contributed by atoms with Crippen molar-refractivity contribution in [3.63, 3.8) is 0 Å². The third kappa shape index (κ3) is 1.69. The highest BCUT2D eigenvalue weighted by atomic mass is 16.3. The number of aliphatic hydroxyl groups is 1. The molecule has 1 aromatic heterocycles. The van der Waals surface area contributed by atoms with Crippen molar-refractivity contribution < 1.29 is 9.90 Å². The molecule has 0 saturated carbocycles. The van der Waals surface area contributed by atoms with E-state index in [9.17, 15) is 9.90 Å². The van der Waals surface area contributed by atoms with E-state index in [1.807, 2.05) is 31.2 Å². The smallest absolute Gasteiger partial charge is 0.269 e. The Morgan fingerprint density at radius 3 is 2.78 bits per heavy atom. The van der Waals surface area contributed by atoms with Crippen LogP contribution in [-0.2, 0) is 0 Å². The number of aryl methyl sites for hydroxylation is 1. The van der Waals surface area contributed by atoms with Crippen LogP contribution in [0.3, 0.4) is 0 Å². The van der Waals surface area contributed by atoms with Gasteiger partial charge in [-0.25, -0.2) is 4.68 Å². The first-order chi connectivity index (χ1) is 8.65. The summed E-state index contributed by atoms with van der Waals surface area (Å²) in [4.78, 5) is 11.6. The summed E-state index contributed by atoms with van der Waals surface area (Å²) in [5.74, 6) is -0.203. The van der Waals surface area contributed by atoms with Crippen molar-refractivity contribution >= 4 is 5.91 Å². The van der Waals surface area contributed by atoms with Crippen molar-refractivity contribution in [3.8, 4) is 11.3 Å². The molecular formula is C13H13N3O2. The van der Waals surface area contributed by atoms with Gasteiger partial charge >= 0.3 is 0 Å². The van der Waals surface area contributed by atoms with E-state index in [1.165, 1.54) is 10.2 Å². The van der Waals surface area contributed by atoms with E-state index in [0.717, 1.165) is 5.56 Å².